The Hall–Kier alpha value is -4.67. The SMILES string of the molecule is NOC(=O)C(N)(N)CC(NC(=O)c1ccc(NCc2cnc3nc(N)[nH]c(=O)c3n2)cc1)C(=O)O. The van der Waals surface area contributed by atoms with Crippen molar-refractivity contribution < 1.29 is 24.3 Å². The third-order valence-corrected chi connectivity index (χ3v) is 4.74. The van der Waals surface area contributed by atoms with E-state index in [2.05, 4.69) is 35.4 Å². The van der Waals surface area contributed by atoms with Gasteiger partial charge in [-0.25, -0.2) is 19.6 Å². The molecule has 0 fully saturated rings. The number of rotatable bonds is 9. The lowest BCUT2D eigenvalue weighted by molar-refractivity contribution is -0.152. The maximum atomic E-state index is 12.5. The number of amides is 1. The number of hydrogen-bond acceptors (Lipinski definition) is 13. The predicted octanol–water partition coefficient (Wildman–Crippen LogP) is -2.49. The van der Waals surface area contributed by atoms with E-state index in [-0.39, 0.29) is 29.2 Å². The number of carbonyl (C=O) groups is 3. The summed E-state index contributed by atoms with van der Waals surface area (Å²) >= 11 is 0. The van der Waals surface area contributed by atoms with Crippen molar-refractivity contribution in [2.45, 2.75) is 24.7 Å². The van der Waals surface area contributed by atoms with E-state index in [4.69, 9.17) is 23.1 Å². The molecule has 3 rings (SSSR count). The highest BCUT2D eigenvalue weighted by atomic mass is 16.7. The van der Waals surface area contributed by atoms with Gasteiger partial charge in [0, 0.05) is 17.7 Å². The summed E-state index contributed by atoms with van der Waals surface area (Å²) < 4.78 is 0. The molecule has 0 saturated heterocycles. The number of carboxylic acid groups (broad SMARTS) is 1. The van der Waals surface area contributed by atoms with Crippen LogP contribution < -0.4 is 39.3 Å². The zero-order valence-electron chi connectivity index (χ0n) is 18.0. The predicted molar refractivity (Wildman–Crippen MR) is 121 cm³/mol. The Balaban J connectivity index is 1.64. The first-order valence-electron chi connectivity index (χ1n) is 9.88. The molecule has 0 aliphatic rings. The molecule has 0 spiro atoms. The Kier molecular flexibility index (Phi) is 7.19. The van der Waals surface area contributed by atoms with Crippen molar-refractivity contribution in [3.8, 4) is 0 Å². The van der Waals surface area contributed by atoms with Gasteiger partial charge in [-0.1, -0.05) is 0 Å². The van der Waals surface area contributed by atoms with Gasteiger partial charge in [-0.3, -0.25) is 14.6 Å². The molecule has 184 valence electrons. The molecule has 0 aliphatic carbocycles. The van der Waals surface area contributed by atoms with Crippen LogP contribution in [0.3, 0.4) is 0 Å². The van der Waals surface area contributed by atoms with Crippen LogP contribution in [-0.2, 0) is 21.0 Å². The van der Waals surface area contributed by atoms with Crippen LogP contribution in [0.25, 0.3) is 11.2 Å². The summed E-state index contributed by atoms with van der Waals surface area (Å²) in [5.41, 5.74) is 15.1. The quantitative estimate of drug-likeness (QED) is 0.115. The average Bonchev–Trinajstić information content (AvgIpc) is 2.81. The van der Waals surface area contributed by atoms with Crippen LogP contribution in [-0.4, -0.2) is 54.6 Å². The largest absolute Gasteiger partial charge is 0.480 e. The molecule has 1 aromatic carbocycles. The summed E-state index contributed by atoms with van der Waals surface area (Å²) in [4.78, 5) is 65.9. The number of nitrogen functional groups attached to an aromatic ring is 1. The number of aliphatic carboxylic acids is 1. The Morgan fingerprint density at radius 3 is 2.49 bits per heavy atom. The molecule has 16 nitrogen and oxygen atoms in total. The number of H-pyrrole nitrogens is 1. The molecule has 35 heavy (non-hydrogen) atoms. The molecular formula is C19H22N10O6. The second kappa shape index (κ2) is 10.1. The van der Waals surface area contributed by atoms with Crippen LogP contribution in [0.5, 0.6) is 0 Å². The topological polar surface area (TPSA) is 280 Å². The maximum absolute atomic E-state index is 12.5. The molecule has 0 radical (unpaired) electrons. The lowest BCUT2D eigenvalue weighted by Crippen LogP contribution is -2.62. The monoisotopic (exact) mass is 486 g/mol. The number of carboxylic acids is 1. The van der Waals surface area contributed by atoms with Gasteiger partial charge in [0.15, 0.2) is 16.8 Å². The number of aromatic amines is 1. The minimum atomic E-state index is -2.22. The van der Waals surface area contributed by atoms with Crippen LogP contribution >= 0.6 is 0 Å². The molecule has 1 amide bonds. The van der Waals surface area contributed by atoms with E-state index in [1.54, 1.807) is 12.1 Å². The highest BCUT2D eigenvalue weighted by molar-refractivity contribution is 5.97. The molecule has 12 N–H and O–H groups in total. The van der Waals surface area contributed by atoms with Gasteiger partial charge in [-0.15, -0.1) is 0 Å². The highest BCUT2D eigenvalue weighted by Gasteiger charge is 2.37. The number of nitrogens with zero attached hydrogens (tertiary/aromatic N) is 3. The first kappa shape index (κ1) is 25.0. The van der Waals surface area contributed by atoms with Crippen LogP contribution in [0.2, 0.25) is 0 Å². The van der Waals surface area contributed by atoms with E-state index in [1.807, 2.05) is 0 Å². The third-order valence-electron chi connectivity index (χ3n) is 4.74. The van der Waals surface area contributed by atoms with Gasteiger partial charge in [0.2, 0.25) is 5.95 Å². The number of nitrogens with one attached hydrogen (secondary N) is 3. The van der Waals surface area contributed by atoms with E-state index in [0.717, 1.165) is 0 Å². The Morgan fingerprint density at radius 1 is 1.17 bits per heavy atom. The van der Waals surface area contributed by atoms with E-state index < -0.39 is 41.5 Å². The smallest absolute Gasteiger partial charge is 0.359 e. The molecule has 16 heteroatoms. The summed E-state index contributed by atoms with van der Waals surface area (Å²) in [7, 11) is 0. The average molecular weight is 486 g/mol. The van der Waals surface area contributed by atoms with E-state index in [1.165, 1.54) is 18.3 Å². The first-order valence-corrected chi connectivity index (χ1v) is 9.88. The summed E-state index contributed by atoms with van der Waals surface area (Å²) in [5.74, 6) is 1.22. The van der Waals surface area contributed by atoms with Crippen molar-refractivity contribution >= 4 is 40.6 Å². The van der Waals surface area contributed by atoms with Gasteiger partial charge < -0.3 is 37.8 Å². The van der Waals surface area contributed by atoms with Crippen molar-refractivity contribution in [3.05, 3.63) is 52.1 Å². The number of anilines is 2. The van der Waals surface area contributed by atoms with Gasteiger partial charge in [0.25, 0.3) is 11.5 Å². The maximum Gasteiger partial charge on any atom is 0.359 e. The van der Waals surface area contributed by atoms with Gasteiger partial charge in [-0.2, -0.15) is 10.9 Å². The Labute approximate surface area is 196 Å². The fourth-order valence-electron chi connectivity index (χ4n) is 2.96. The molecule has 2 heterocycles. The lowest BCUT2D eigenvalue weighted by atomic mass is 10.0. The Morgan fingerprint density at radius 2 is 1.86 bits per heavy atom. The van der Waals surface area contributed by atoms with Crippen molar-refractivity contribution in [3.63, 3.8) is 0 Å². The van der Waals surface area contributed by atoms with Crippen molar-refractivity contribution in [2.75, 3.05) is 11.1 Å². The fraction of sp³-hybridized carbons (Fsp3) is 0.211. The lowest BCUT2D eigenvalue weighted by Gasteiger charge is -2.25. The normalized spacial score (nSPS) is 12.1. The zero-order valence-corrected chi connectivity index (χ0v) is 18.0. The number of fused-ring (bicyclic) bond motifs is 1. The van der Waals surface area contributed by atoms with E-state index >= 15 is 0 Å². The van der Waals surface area contributed by atoms with Crippen LogP contribution in [0.1, 0.15) is 22.5 Å². The Bertz CT molecular complexity index is 1320. The van der Waals surface area contributed by atoms with Crippen LogP contribution in [0.15, 0.2) is 35.3 Å². The first-order chi connectivity index (χ1) is 16.5. The molecule has 0 aliphatic heterocycles. The number of nitrogens with two attached hydrogens (primary N) is 4. The summed E-state index contributed by atoms with van der Waals surface area (Å²) in [6.07, 6.45) is 0.770. The van der Waals surface area contributed by atoms with Crippen molar-refractivity contribution in [1.82, 2.24) is 25.3 Å². The van der Waals surface area contributed by atoms with Gasteiger partial charge in [0.1, 0.15) is 6.04 Å². The summed E-state index contributed by atoms with van der Waals surface area (Å²) in [5, 5.41) is 14.6. The number of hydrogen-bond donors (Lipinski definition) is 8. The highest BCUT2D eigenvalue weighted by Crippen LogP contribution is 2.13. The van der Waals surface area contributed by atoms with Crippen molar-refractivity contribution in [2.24, 2.45) is 17.4 Å². The molecule has 0 saturated carbocycles. The van der Waals surface area contributed by atoms with E-state index in [9.17, 15) is 24.3 Å². The number of carbonyl (C=O) groups excluding carboxylic acids is 2. The third kappa shape index (κ3) is 6.02. The molecule has 1 atom stereocenters. The molecule has 0 bridgehead atoms. The minimum Gasteiger partial charge on any atom is -0.480 e. The van der Waals surface area contributed by atoms with Crippen LogP contribution in [0, 0.1) is 0 Å². The van der Waals surface area contributed by atoms with Gasteiger partial charge >= 0.3 is 11.9 Å². The second-order valence-electron chi connectivity index (χ2n) is 7.43. The minimum absolute atomic E-state index is 0.0391. The van der Waals surface area contributed by atoms with Gasteiger partial charge in [0.05, 0.1) is 18.4 Å². The second-order valence-corrected chi connectivity index (χ2v) is 7.43. The zero-order chi connectivity index (χ0) is 25.8. The number of aromatic nitrogens is 4. The standard InChI is InChI=1S/C19H22N10O6/c20-18-28-13-12(15(31)29-18)26-10(7-25-13)6-24-9-3-1-8(2-4-9)14(30)27-11(16(32)33)5-19(21,22)17(34)35-23/h1-4,7,11,24H,5-6,21-23H2,(H,27,30)(H,32,33)(H3,20,25,28,29,31). The fourth-order valence-corrected chi connectivity index (χ4v) is 2.96. The molecule has 3 aromatic rings. The van der Waals surface area contributed by atoms with Gasteiger partial charge in [-0.05, 0) is 24.3 Å². The molecule has 2 aromatic heterocycles. The summed E-state index contributed by atoms with van der Waals surface area (Å²) in [6, 6.07) is 4.42. The van der Waals surface area contributed by atoms with Crippen molar-refractivity contribution in [1.29, 1.82) is 0 Å². The number of benzene rings is 1. The summed E-state index contributed by atoms with van der Waals surface area (Å²) in [6.45, 7) is 0.200. The molecular weight excluding hydrogens is 464 g/mol. The van der Waals surface area contributed by atoms with Crippen LogP contribution in [0.4, 0.5) is 11.6 Å². The van der Waals surface area contributed by atoms with E-state index in [0.29, 0.717) is 11.4 Å². The molecule has 1 unspecified atom stereocenters.